The first-order valence-corrected chi connectivity index (χ1v) is 7.00. The van der Waals surface area contributed by atoms with Crippen LogP contribution in [0.2, 0.25) is 0 Å². The van der Waals surface area contributed by atoms with Gasteiger partial charge in [-0.15, -0.1) is 0 Å². The first kappa shape index (κ1) is 13.2. The SMILES string of the molecule is CCOc1cccc(NC[C@H]2CC[C@H](N)CC2)c1. The third-order valence-electron chi connectivity index (χ3n) is 3.63. The van der Waals surface area contributed by atoms with E-state index < -0.39 is 0 Å². The molecule has 0 heterocycles. The number of anilines is 1. The zero-order valence-corrected chi connectivity index (χ0v) is 11.2. The summed E-state index contributed by atoms with van der Waals surface area (Å²) in [5, 5.41) is 3.51. The van der Waals surface area contributed by atoms with Crippen LogP contribution < -0.4 is 15.8 Å². The highest BCUT2D eigenvalue weighted by Crippen LogP contribution is 2.24. The van der Waals surface area contributed by atoms with E-state index in [1.807, 2.05) is 19.1 Å². The van der Waals surface area contributed by atoms with E-state index in [4.69, 9.17) is 10.5 Å². The molecule has 0 bridgehead atoms. The Balaban J connectivity index is 1.80. The molecular weight excluding hydrogens is 224 g/mol. The van der Waals surface area contributed by atoms with Crippen LogP contribution >= 0.6 is 0 Å². The first-order chi connectivity index (χ1) is 8.78. The van der Waals surface area contributed by atoms with Gasteiger partial charge in [-0.2, -0.15) is 0 Å². The molecule has 1 aromatic carbocycles. The quantitative estimate of drug-likeness (QED) is 0.842. The topological polar surface area (TPSA) is 47.3 Å². The lowest BCUT2D eigenvalue weighted by molar-refractivity contribution is 0.337. The van der Waals surface area contributed by atoms with E-state index in [9.17, 15) is 0 Å². The molecule has 1 aliphatic carbocycles. The van der Waals surface area contributed by atoms with Gasteiger partial charge in [-0.3, -0.25) is 0 Å². The number of nitrogens with two attached hydrogens (primary N) is 1. The number of rotatable bonds is 5. The molecule has 0 saturated heterocycles. The van der Waals surface area contributed by atoms with Crippen LogP contribution in [0.4, 0.5) is 5.69 Å². The van der Waals surface area contributed by atoms with Crippen LogP contribution in [0.25, 0.3) is 0 Å². The van der Waals surface area contributed by atoms with Gasteiger partial charge in [-0.25, -0.2) is 0 Å². The van der Waals surface area contributed by atoms with Crippen molar-refractivity contribution in [3.63, 3.8) is 0 Å². The second-order valence-corrected chi connectivity index (χ2v) is 5.12. The first-order valence-electron chi connectivity index (χ1n) is 7.00. The highest BCUT2D eigenvalue weighted by Gasteiger charge is 2.17. The number of nitrogens with one attached hydrogen (secondary N) is 1. The van der Waals surface area contributed by atoms with E-state index in [0.29, 0.717) is 12.6 Å². The van der Waals surface area contributed by atoms with Gasteiger partial charge in [-0.05, 0) is 50.7 Å². The summed E-state index contributed by atoms with van der Waals surface area (Å²) < 4.78 is 5.50. The molecule has 2 rings (SSSR count). The summed E-state index contributed by atoms with van der Waals surface area (Å²) in [5.74, 6) is 1.70. The van der Waals surface area contributed by atoms with Gasteiger partial charge < -0.3 is 15.8 Å². The molecule has 1 aliphatic rings. The van der Waals surface area contributed by atoms with Gasteiger partial charge in [0.15, 0.2) is 0 Å². The Labute approximate surface area is 110 Å². The monoisotopic (exact) mass is 248 g/mol. The van der Waals surface area contributed by atoms with Crippen LogP contribution in [0.5, 0.6) is 5.75 Å². The van der Waals surface area contributed by atoms with Crippen molar-refractivity contribution in [1.82, 2.24) is 0 Å². The molecule has 1 aromatic rings. The molecule has 18 heavy (non-hydrogen) atoms. The van der Waals surface area contributed by atoms with Gasteiger partial charge >= 0.3 is 0 Å². The summed E-state index contributed by atoms with van der Waals surface area (Å²) >= 11 is 0. The highest BCUT2D eigenvalue weighted by molar-refractivity contribution is 5.48. The molecular formula is C15H24N2O. The summed E-state index contributed by atoms with van der Waals surface area (Å²) in [6.45, 7) is 3.76. The summed E-state index contributed by atoms with van der Waals surface area (Å²) in [5.41, 5.74) is 7.07. The van der Waals surface area contributed by atoms with Gasteiger partial charge in [-0.1, -0.05) is 6.07 Å². The van der Waals surface area contributed by atoms with Crippen LogP contribution in [0.15, 0.2) is 24.3 Å². The Morgan fingerprint density at radius 2 is 2.06 bits per heavy atom. The fourth-order valence-corrected chi connectivity index (χ4v) is 2.52. The fourth-order valence-electron chi connectivity index (χ4n) is 2.52. The molecule has 1 saturated carbocycles. The summed E-state index contributed by atoms with van der Waals surface area (Å²) in [6, 6.07) is 8.62. The minimum atomic E-state index is 0.433. The molecule has 0 spiro atoms. The van der Waals surface area contributed by atoms with Gasteiger partial charge in [0, 0.05) is 24.3 Å². The highest BCUT2D eigenvalue weighted by atomic mass is 16.5. The van der Waals surface area contributed by atoms with Crippen molar-refractivity contribution in [1.29, 1.82) is 0 Å². The van der Waals surface area contributed by atoms with Gasteiger partial charge in [0.1, 0.15) is 5.75 Å². The number of benzene rings is 1. The van der Waals surface area contributed by atoms with Crippen molar-refractivity contribution in [2.75, 3.05) is 18.5 Å². The van der Waals surface area contributed by atoms with Crippen molar-refractivity contribution in [3.8, 4) is 5.75 Å². The third kappa shape index (κ3) is 3.91. The van der Waals surface area contributed by atoms with Crippen molar-refractivity contribution in [2.24, 2.45) is 11.7 Å². The average molecular weight is 248 g/mol. The Kier molecular flexibility index (Phi) is 4.88. The summed E-state index contributed by atoms with van der Waals surface area (Å²) in [7, 11) is 0. The van der Waals surface area contributed by atoms with E-state index in [2.05, 4.69) is 17.4 Å². The fraction of sp³-hybridized carbons (Fsp3) is 0.600. The van der Waals surface area contributed by atoms with E-state index in [0.717, 1.165) is 23.9 Å². The molecule has 0 unspecified atom stereocenters. The Morgan fingerprint density at radius 1 is 1.28 bits per heavy atom. The van der Waals surface area contributed by atoms with Gasteiger partial charge in [0.2, 0.25) is 0 Å². The average Bonchev–Trinajstić information content (AvgIpc) is 2.39. The molecule has 0 aromatic heterocycles. The van der Waals surface area contributed by atoms with Crippen LogP contribution in [0.1, 0.15) is 32.6 Å². The lowest BCUT2D eigenvalue weighted by Crippen LogP contribution is -2.29. The molecule has 0 atom stereocenters. The number of hydrogen-bond acceptors (Lipinski definition) is 3. The molecule has 3 N–H and O–H groups in total. The largest absolute Gasteiger partial charge is 0.494 e. The van der Waals surface area contributed by atoms with Crippen LogP contribution in [0, 0.1) is 5.92 Å². The second kappa shape index (κ2) is 6.64. The van der Waals surface area contributed by atoms with E-state index >= 15 is 0 Å². The molecule has 0 radical (unpaired) electrons. The van der Waals surface area contributed by atoms with Gasteiger partial charge in [0.25, 0.3) is 0 Å². The molecule has 100 valence electrons. The van der Waals surface area contributed by atoms with Crippen LogP contribution in [-0.4, -0.2) is 19.2 Å². The van der Waals surface area contributed by atoms with Crippen LogP contribution in [0.3, 0.4) is 0 Å². The number of hydrogen-bond donors (Lipinski definition) is 2. The van der Waals surface area contributed by atoms with Crippen molar-refractivity contribution < 1.29 is 4.74 Å². The van der Waals surface area contributed by atoms with Crippen molar-refractivity contribution in [3.05, 3.63) is 24.3 Å². The molecule has 0 amide bonds. The van der Waals surface area contributed by atoms with E-state index in [1.165, 1.54) is 25.7 Å². The molecule has 3 heteroatoms. The smallest absolute Gasteiger partial charge is 0.121 e. The molecule has 1 fully saturated rings. The predicted octanol–water partition coefficient (Wildman–Crippen LogP) is 3.01. The minimum Gasteiger partial charge on any atom is -0.494 e. The summed E-state index contributed by atoms with van der Waals surface area (Å²) in [6.07, 6.45) is 4.84. The standard InChI is InChI=1S/C15H24N2O/c1-2-18-15-5-3-4-14(10-15)17-11-12-6-8-13(16)9-7-12/h3-5,10,12-13,17H,2,6-9,11,16H2,1H3/t12-,13-. The van der Waals surface area contributed by atoms with Gasteiger partial charge in [0.05, 0.1) is 6.61 Å². The zero-order chi connectivity index (χ0) is 12.8. The Bertz CT molecular complexity index is 359. The second-order valence-electron chi connectivity index (χ2n) is 5.12. The Morgan fingerprint density at radius 3 is 2.78 bits per heavy atom. The molecule has 0 aliphatic heterocycles. The van der Waals surface area contributed by atoms with Crippen molar-refractivity contribution in [2.45, 2.75) is 38.6 Å². The summed E-state index contributed by atoms with van der Waals surface area (Å²) in [4.78, 5) is 0. The lowest BCUT2D eigenvalue weighted by atomic mass is 9.86. The maximum atomic E-state index is 5.92. The van der Waals surface area contributed by atoms with E-state index in [1.54, 1.807) is 0 Å². The predicted molar refractivity (Wildman–Crippen MR) is 76.0 cm³/mol. The molecule has 3 nitrogen and oxygen atoms in total. The normalized spacial score (nSPS) is 23.7. The lowest BCUT2D eigenvalue weighted by Gasteiger charge is -2.26. The maximum absolute atomic E-state index is 5.92. The zero-order valence-electron chi connectivity index (χ0n) is 11.2. The van der Waals surface area contributed by atoms with Crippen molar-refractivity contribution >= 4 is 5.69 Å². The maximum Gasteiger partial charge on any atom is 0.121 e. The minimum absolute atomic E-state index is 0.433. The Hall–Kier alpha value is -1.22. The third-order valence-corrected chi connectivity index (χ3v) is 3.63. The van der Waals surface area contributed by atoms with Crippen LogP contribution in [-0.2, 0) is 0 Å². The number of ether oxygens (including phenoxy) is 1. The van der Waals surface area contributed by atoms with E-state index in [-0.39, 0.29) is 0 Å².